The van der Waals surface area contributed by atoms with Crippen LogP contribution in [0.5, 0.6) is 0 Å². The minimum atomic E-state index is -1.73. The lowest BCUT2D eigenvalue weighted by molar-refractivity contribution is 0.411. The average Bonchev–Trinajstić information content (AvgIpc) is 2.84. The molecule has 2 rings (SSSR count). The van der Waals surface area contributed by atoms with Gasteiger partial charge >= 0.3 is 0 Å². The summed E-state index contributed by atoms with van der Waals surface area (Å²) in [4.78, 5) is 2.42. The number of nitrogens with one attached hydrogen (secondary N) is 1. The van der Waals surface area contributed by atoms with E-state index in [0.717, 1.165) is 0 Å². The molecule has 18 heavy (non-hydrogen) atoms. The normalized spacial score (nSPS) is 11.1. The second-order valence-electron chi connectivity index (χ2n) is 3.12. The Labute approximate surface area is 103 Å². The van der Waals surface area contributed by atoms with Crippen LogP contribution in [0.1, 0.15) is 5.56 Å². The van der Waals surface area contributed by atoms with Gasteiger partial charge in [0.1, 0.15) is 5.69 Å². The number of halogens is 4. The van der Waals surface area contributed by atoms with Gasteiger partial charge in [-0.15, -0.1) is 0 Å². The quantitative estimate of drug-likeness (QED) is 0.404. The van der Waals surface area contributed by atoms with Gasteiger partial charge < -0.3 is 0 Å². The Hall–Kier alpha value is -1.96. The fraction of sp³-hybridized carbons (Fsp3) is 0. The van der Waals surface area contributed by atoms with Crippen molar-refractivity contribution in [1.29, 1.82) is 0 Å². The van der Waals surface area contributed by atoms with Gasteiger partial charge in [0.05, 0.1) is 6.21 Å². The first kappa shape index (κ1) is 12.5. The third-order valence-corrected chi connectivity index (χ3v) is 2.63. The SMILES string of the molecule is Fc1nc(F)c(F)c(N/N=C/c2ccsc2)c1F. The van der Waals surface area contributed by atoms with Gasteiger partial charge in [-0.1, -0.05) is 0 Å². The van der Waals surface area contributed by atoms with Crippen LogP contribution in [0, 0.1) is 23.5 Å². The lowest BCUT2D eigenvalue weighted by Gasteiger charge is -2.04. The maximum atomic E-state index is 13.1. The van der Waals surface area contributed by atoms with Crippen molar-refractivity contribution in [2.45, 2.75) is 0 Å². The molecule has 0 spiro atoms. The first-order valence-electron chi connectivity index (χ1n) is 4.61. The van der Waals surface area contributed by atoms with Gasteiger partial charge in [0.15, 0.2) is 0 Å². The molecule has 2 heterocycles. The molecular weight excluding hydrogens is 270 g/mol. The summed E-state index contributed by atoms with van der Waals surface area (Å²) in [6.45, 7) is 0. The summed E-state index contributed by atoms with van der Waals surface area (Å²) < 4.78 is 51.7. The van der Waals surface area contributed by atoms with Gasteiger partial charge in [-0.2, -0.15) is 39.0 Å². The molecule has 0 unspecified atom stereocenters. The Kier molecular flexibility index (Phi) is 3.56. The minimum Gasteiger partial charge on any atom is -0.272 e. The highest BCUT2D eigenvalue weighted by Gasteiger charge is 2.20. The number of hydrogen-bond donors (Lipinski definition) is 1. The number of nitrogens with zero attached hydrogens (tertiary/aromatic N) is 2. The molecule has 1 N–H and O–H groups in total. The number of hydrogen-bond acceptors (Lipinski definition) is 4. The molecule has 0 aliphatic heterocycles. The summed E-state index contributed by atoms with van der Waals surface area (Å²) >= 11 is 1.40. The first-order chi connectivity index (χ1) is 8.59. The second-order valence-corrected chi connectivity index (χ2v) is 3.90. The molecular formula is C10H5F4N3S. The van der Waals surface area contributed by atoms with Crippen molar-refractivity contribution < 1.29 is 17.6 Å². The summed E-state index contributed by atoms with van der Waals surface area (Å²) in [6.07, 6.45) is 1.26. The van der Waals surface area contributed by atoms with E-state index in [1.807, 2.05) is 5.43 Å². The van der Waals surface area contributed by atoms with E-state index in [4.69, 9.17) is 0 Å². The molecule has 0 aliphatic rings. The molecule has 8 heteroatoms. The highest BCUT2D eigenvalue weighted by Crippen LogP contribution is 2.21. The summed E-state index contributed by atoms with van der Waals surface area (Å²) in [5.41, 5.74) is 1.57. The van der Waals surface area contributed by atoms with Gasteiger partial charge in [0.2, 0.25) is 11.6 Å². The topological polar surface area (TPSA) is 37.3 Å². The number of aromatic nitrogens is 1. The maximum absolute atomic E-state index is 13.1. The number of hydrazone groups is 1. The Morgan fingerprint density at radius 1 is 1.17 bits per heavy atom. The van der Waals surface area contributed by atoms with Crippen molar-refractivity contribution in [3.05, 3.63) is 45.9 Å². The Morgan fingerprint density at radius 3 is 2.39 bits per heavy atom. The highest BCUT2D eigenvalue weighted by atomic mass is 32.1. The van der Waals surface area contributed by atoms with Crippen molar-refractivity contribution in [2.24, 2.45) is 5.10 Å². The predicted molar refractivity (Wildman–Crippen MR) is 59.6 cm³/mol. The molecule has 0 saturated heterocycles. The number of pyridine rings is 1. The molecule has 0 amide bonds. The van der Waals surface area contributed by atoms with E-state index in [-0.39, 0.29) is 0 Å². The van der Waals surface area contributed by atoms with E-state index < -0.39 is 29.2 Å². The van der Waals surface area contributed by atoms with Crippen LogP contribution < -0.4 is 5.43 Å². The van der Waals surface area contributed by atoms with Crippen molar-refractivity contribution in [3.8, 4) is 0 Å². The second kappa shape index (κ2) is 5.13. The van der Waals surface area contributed by atoms with Gasteiger partial charge in [-0.05, 0) is 16.8 Å². The van der Waals surface area contributed by atoms with Crippen LogP contribution in [0.15, 0.2) is 21.9 Å². The Morgan fingerprint density at radius 2 is 1.83 bits per heavy atom. The third kappa shape index (κ3) is 2.48. The van der Waals surface area contributed by atoms with Crippen LogP contribution in [0.25, 0.3) is 0 Å². The molecule has 0 aromatic carbocycles. The predicted octanol–water partition coefficient (Wildman–Crippen LogP) is 3.15. The van der Waals surface area contributed by atoms with Gasteiger partial charge in [0, 0.05) is 5.56 Å². The highest BCUT2D eigenvalue weighted by molar-refractivity contribution is 7.08. The lowest BCUT2D eigenvalue weighted by atomic mass is 10.3. The van der Waals surface area contributed by atoms with Gasteiger partial charge in [-0.25, -0.2) is 0 Å². The van der Waals surface area contributed by atoms with Crippen molar-refractivity contribution in [1.82, 2.24) is 4.98 Å². The Balaban J connectivity index is 2.24. The average molecular weight is 275 g/mol. The van der Waals surface area contributed by atoms with Crippen LogP contribution in [0.3, 0.4) is 0 Å². The molecule has 0 radical (unpaired) electrons. The molecule has 94 valence electrons. The van der Waals surface area contributed by atoms with Crippen LogP contribution in [-0.2, 0) is 0 Å². The Bertz CT molecular complexity index is 557. The van der Waals surface area contributed by atoms with Gasteiger partial charge in [0.25, 0.3) is 11.9 Å². The lowest BCUT2D eigenvalue weighted by Crippen LogP contribution is -2.05. The molecule has 0 bridgehead atoms. The third-order valence-electron chi connectivity index (χ3n) is 1.93. The van der Waals surface area contributed by atoms with Crippen LogP contribution in [0.4, 0.5) is 23.2 Å². The molecule has 3 nitrogen and oxygen atoms in total. The minimum absolute atomic E-state index is 0.684. The number of anilines is 1. The molecule has 0 aliphatic carbocycles. The van der Waals surface area contributed by atoms with E-state index in [0.29, 0.717) is 5.56 Å². The van der Waals surface area contributed by atoms with E-state index in [2.05, 4.69) is 10.1 Å². The maximum Gasteiger partial charge on any atom is 0.254 e. The fourth-order valence-corrected chi connectivity index (χ4v) is 1.72. The van der Waals surface area contributed by atoms with Crippen molar-refractivity contribution in [2.75, 3.05) is 5.43 Å². The zero-order chi connectivity index (χ0) is 13.1. The summed E-state index contributed by atoms with van der Waals surface area (Å²) in [7, 11) is 0. The standard InChI is InChI=1S/C10H5F4N3S/c11-6-8(7(12)10(14)16-9(6)13)17-15-3-5-1-2-18-4-5/h1-4H,(H,16,17)/b15-3+. The smallest absolute Gasteiger partial charge is 0.254 e. The largest absolute Gasteiger partial charge is 0.272 e. The number of thiophene rings is 1. The van der Waals surface area contributed by atoms with Gasteiger partial charge in [-0.3, -0.25) is 5.43 Å². The summed E-state index contributed by atoms with van der Waals surface area (Å²) in [6, 6.07) is 1.70. The zero-order valence-corrected chi connectivity index (χ0v) is 9.44. The molecule has 2 aromatic heterocycles. The van der Waals surface area contributed by atoms with E-state index in [1.54, 1.807) is 16.8 Å². The van der Waals surface area contributed by atoms with E-state index >= 15 is 0 Å². The van der Waals surface area contributed by atoms with Crippen LogP contribution in [0.2, 0.25) is 0 Å². The van der Waals surface area contributed by atoms with Crippen molar-refractivity contribution in [3.63, 3.8) is 0 Å². The number of rotatable bonds is 3. The van der Waals surface area contributed by atoms with E-state index in [9.17, 15) is 17.6 Å². The summed E-state index contributed by atoms with van der Waals surface area (Å²) in [5, 5.41) is 6.98. The van der Waals surface area contributed by atoms with Crippen LogP contribution in [-0.4, -0.2) is 11.2 Å². The molecule has 0 fully saturated rings. The monoisotopic (exact) mass is 275 g/mol. The fourth-order valence-electron chi connectivity index (χ4n) is 1.10. The molecule has 0 saturated carbocycles. The molecule has 0 atom stereocenters. The summed E-state index contributed by atoms with van der Waals surface area (Å²) in [5.74, 6) is -6.72. The first-order valence-corrected chi connectivity index (χ1v) is 5.55. The van der Waals surface area contributed by atoms with Crippen molar-refractivity contribution >= 4 is 23.2 Å². The van der Waals surface area contributed by atoms with Crippen LogP contribution >= 0.6 is 11.3 Å². The zero-order valence-electron chi connectivity index (χ0n) is 8.62. The van der Waals surface area contributed by atoms with E-state index in [1.165, 1.54) is 17.6 Å². The molecule has 2 aromatic rings.